The van der Waals surface area contributed by atoms with Gasteiger partial charge in [0.25, 0.3) is 0 Å². The number of hydrogen-bond acceptors (Lipinski definition) is 1. The van der Waals surface area contributed by atoms with Crippen molar-refractivity contribution in [3.05, 3.63) is 23.5 Å². The molecule has 1 atom stereocenters. The predicted molar refractivity (Wildman–Crippen MR) is 64.0 cm³/mol. The molecule has 1 N–H and O–H groups in total. The number of aryl methyl sites for hydroxylation is 2. The molecule has 0 aliphatic heterocycles. The molecule has 1 unspecified atom stereocenters. The third-order valence-corrected chi connectivity index (χ3v) is 2.66. The van der Waals surface area contributed by atoms with Crippen LogP contribution in [-0.2, 0) is 6.54 Å². The minimum absolute atomic E-state index is 0.189. The summed E-state index contributed by atoms with van der Waals surface area (Å²) in [5, 5.41) is 9.98. The third kappa shape index (κ3) is 3.71. The summed E-state index contributed by atoms with van der Waals surface area (Å²) in [5.74, 6) is 0. The van der Waals surface area contributed by atoms with Crippen molar-refractivity contribution >= 4 is 0 Å². The molecule has 0 saturated carbocycles. The molecular formula is C13H23NO. The molecule has 0 saturated heterocycles. The summed E-state index contributed by atoms with van der Waals surface area (Å²) < 4.78 is 2.18. The number of hydrogen-bond donors (Lipinski definition) is 1. The summed E-state index contributed by atoms with van der Waals surface area (Å²) in [7, 11) is 0. The van der Waals surface area contributed by atoms with Crippen molar-refractivity contribution in [3.8, 4) is 0 Å². The molecule has 1 aromatic heterocycles. The van der Waals surface area contributed by atoms with E-state index in [1.807, 2.05) is 0 Å². The molecule has 0 aromatic carbocycles. The van der Waals surface area contributed by atoms with Gasteiger partial charge < -0.3 is 9.67 Å². The summed E-state index contributed by atoms with van der Waals surface area (Å²) >= 11 is 0. The monoisotopic (exact) mass is 209 g/mol. The fourth-order valence-electron chi connectivity index (χ4n) is 1.97. The number of rotatable bonds is 3. The highest BCUT2D eigenvalue weighted by molar-refractivity contribution is 5.13. The van der Waals surface area contributed by atoms with E-state index < -0.39 is 0 Å². The second kappa shape index (κ2) is 4.40. The Kier molecular flexibility index (Phi) is 3.61. The lowest BCUT2D eigenvalue weighted by Gasteiger charge is -2.23. The number of aliphatic hydroxyl groups excluding tert-OH is 1. The van der Waals surface area contributed by atoms with Crippen molar-refractivity contribution in [3.63, 3.8) is 0 Å². The van der Waals surface area contributed by atoms with Crippen LogP contribution in [0.3, 0.4) is 0 Å². The molecule has 0 radical (unpaired) electrons. The smallest absolute Gasteiger partial charge is 0.0724 e. The molecule has 0 spiro atoms. The second-order valence-electron chi connectivity index (χ2n) is 5.65. The maximum atomic E-state index is 9.98. The van der Waals surface area contributed by atoms with E-state index in [1.54, 1.807) is 0 Å². The number of aromatic nitrogens is 1. The fourth-order valence-corrected chi connectivity index (χ4v) is 1.97. The minimum Gasteiger partial charge on any atom is -0.391 e. The van der Waals surface area contributed by atoms with E-state index in [0.29, 0.717) is 6.54 Å². The molecule has 0 fully saturated rings. The van der Waals surface area contributed by atoms with Crippen LogP contribution in [0, 0.1) is 19.3 Å². The molecule has 1 aromatic rings. The zero-order valence-electron chi connectivity index (χ0n) is 10.5. The summed E-state index contributed by atoms with van der Waals surface area (Å²) in [5.41, 5.74) is 2.63. The first kappa shape index (κ1) is 12.3. The van der Waals surface area contributed by atoms with Gasteiger partial charge in [0.15, 0.2) is 0 Å². The van der Waals surface area contributed by atoms with Gasteiger partial charge in [0.05, 0.1) is 6.10 Å². The minimum atomic E-state index is -0.255. The number of nitrogens with zero attached hydrogens (tertiary/aromatic N) is 1. The summed E-state index contributed by atoms with van der Waals surface area (Å²) in [4.78, 5) is 0. The van der Waals surface area contributed by atoms with Crippen LogP contribution in [-0.4, -0.2) is 15.8 Å². The summed E-state index contributed by atoms with van der Waals surface area (Å²) in [6.45, 7) is 11.3. The van der Waals surface area contributed by atoms with Gasteiger partial charge in [0.1, 0.15) is 0 Å². The van der Waals surface area contributed by atoms with E-state index in [4.69, 9.17) is 0 Å². The highest BCUT2D eigenvalue weighted by Crippen LogP contribution is 2.22. The Bertz CT molecular complexity index is 300. The first-order valence-electron chi connectivity index (χ1n) is 5.60. The molecular weight excluding hydrogens is 186 g/mol. The van der Waals surface area contributed by atoms with Gasteiger partial charge in [-0.3, -0.25) is 0 Å². The first-order chi connectivity index (χ1) is 6.79. The van der Waals surface area contributed by atoms with E-state index >= 15 is 0 Å². The molecule has 1 heterocycles. The van der Waals surface area contributed by atoms with E-state index in [2.05, 4.69) is 51.3 Å². The zero-order chi connectivity index (χ0) is 11.6. The molecule has 15 heavy (non-hydrogen) atoms. The zero-order valence-corrected chi connectivity index (χ0v) is 10.5. The average Bonchev–Trinajstić information content (AvgIpc) is 2.32. The lowest BCUT2D eigenvalue weighted by Crippen LogP contribution is -2.23. The van der Waals surface area contributed by atoms with E-state index in [1.165, 1.54) is 11.4 Å². The van der Waals surface area contributed by atoms with Crippen LogP contribution >= 0.6 is 0 Å². The molecule has 0 aliphatic carbocycles. The van der Waals surface area contributed by atoms with Gasteiger partial charge in [-0.15, -0.1) is 0 Å². The van der Waals surface area contributed by atoms with E-state index in [0.717, 1.165) is 6.42 Å². The third-order valence-electron chi connectivity index (χ3n) is 2.66. The van der Waals surface area contributed by atoms with Gasteiger partial charge in [-0.1, -0.05) is 20.8 Å². The van der Waals surface area contributed by atoms with Crippen molar-refractivity contribution in [1.82, 2.24) is 4.57 Å². The van der Waals surface area contributed by atoms with Crippen molar-refractivity contribution in [2.24, 2.45) is 5.41 Å². The van der Waals surface area contributed by atoms with Gasteiger partial charge in [-0.05, 0) is 37.8 Å². The van der Waals surface area contributed by atoms with Crippen LogP contribution in [0.5, 0.6) is 0 Å². The Morgan fingerprint density at radius 1 is 1.20 bits per heavy atom. The largest absolute Gasteiger partial charge is 0.391 e. The van der Waals surface area contributed by atoms with Gasteiger partial charge in [-0.25, -0.2) is 0 Å². The van der Waals surface area contributed by atoms with Crippen LogP contribution in [0.1, 0.15) is 38.6 Å². The lowest BCUT2D eigenvalue weighted by molar-refractivity contribution is 0.104. The van der Waals surface area contributed by atoms with E-state index in [9.17, 15) is 5.11 Å². The maximum Gasteiger partial charge on any atom is 0.0724 e. The van der Waals surface area contributed by atoms with Crippen molar-refractivity contribution in [2.45, 2.75) is 53.7 Å². The standard InChI is InChI=1S/C13H23NO/c1-10-6-7-11(2)14(10)9-12(15)8-13(3,4)5/h6-7,12,15H,8-9H2,1-5H3. The van der Waals surface area contributed by atoms with Gasteiger partial charge in [0.2, 0.25) is 0 Å². The normalized spacial score (nSPS) is 14.3. The highest BCUT2D eigenvalue weighted by Gasteiger charge is 2.17. The molecule has 2 heteroatoms. The van der Waals surface area contributed by atoms with Gasteiger partial charge in [0, 0.05) is 17.9 Å². The second-order valence-corrected chi connectivity index (χ2v) is 5.65. The van der Waals surface area contributed by atoms with E-state index in [-0.39, 0.29) is 11.5 Å². The lowest BCUT2D eigenvalue weighted by atomic mass is 9.89. The average molecular weight is 209 g/mol. The fraction of sp³-hybridized carbons (Fsp3) is 0.692. The molecule has 0 aliphatic rings. The Hall–Kier alpha value is -0.760. The maximum absolute atomic E-state index is 9.98. The van der Waals surface area contributed by atoms with Crippen molar-refractivity contribution in [1.29, 1.82) is 0 Å². The van der Waals surface area contributed by atoms with Crippen molar-refractivity contribution in [2.75, 3.05) is 0 Å². The van der Waals surface area contributed by atoms with Crippen LogP contribution < -0.4 is 0 Å². The molecule has 0 amide bonds. The van der Waals surface area contributed by atoms with Crippen LogP contribution in [0.25, 0.3) is 0 Å². The topological polar surface area (TPSA) is 25.2 Å². The van der Waals surface area contributed by atoms with Crippen LogP contribution in [0.15, 0.2) is 12.1 Å². The van der Waals surface area contributed by atoms with Gasteiger partial charge in [-0.2, -0.15) is 0 Å². The Morgan fingerprint density at radius 2 is 1.67 bits per heavy atom. The molecule has 2 nitrogen and oxygen atoms in total. The summed E-state index contributed by atoms with van der Waals surface area (Å²) in [6, 6.07) is 4.19. The molecule has 86 valence electrons. The SMILES string of the molecule is Cc1ccc(C)n1CC(O)CC(C)(C)C. The Labute approximate surface area is 92.9 Å². The first-order valence-corrected chi connectivity index (χ1v) is 5.60. The number of aliphatic hydroxyl groups is 1. The Balaban J connectivity index is 2.63. The molecule has 1 rings (SSSR count). The summed E-state index contributed by atoms with van der Waals surface area (Å²) in [6.07, 6.45) is 0.583. The predicted octanol–water partition coefficient (Wildman–Crippen LogP) is 2.90. The quantitative estimate of drug-likeness (QED) is 0.813. The highest BCUT2D eigenvalue weighted by atomic mass is 16.3. The molecule has 0 bridgehead atoms. The van der Waals surface area contributed by atoms with Gasteiger partial charge >= 0.3 is 0 Å². The van der Waals surface area contributed by atoms with Crippen molar-refractivity contribution < 1.29 is 5.11 Å². The van der Waals surface area contributed by atoms with Crippen LogP contribution in [0.2, 0.25) is 0 Å². The van der Waals surface area contributed by atoms with Crippen LogP contribution in [0.4, 0.5) is 0 Å². The Morgan fingerprint density at radius 3 is 2.07 bits per heavy atom.